The molecule has 0 radical (unpaired) electrons. The van der Waals surface area contributed by atoms with Crippen LogP contribution in [0.2, 0.25) is 0 Å². The van der Waals surface area contributed by atoms with Crippen LogP contribution in [0.3, 0.4) is 0 Å². The fourth-order valence-corrected chi connectivity index (χ4v) is 2.03. The molecule has 1 aromatic rings. The summed E-state index contributed by atoms with van der Waals surface area (Å²) in [5, 5.41) is 4.63. The minimum absolute atomic E-state index is 1.05. The Hall–Kier alpha value is -0.590. The van der Waals surface area contributed by atoms with E-state index in [4.69, 9.17) is 0 Å². The lowest BCUT2D eigenvalue weighted by atomic mass is 10.2. The average Bonchev–Trinajstić information content (AvgIpc) is 2.28. The van der Waals surface area contributed by atoms with Crippen LogP contribution < -0.4 is 15.5 Å². The first-order valence-electron chi connectivity index (χ1n) is 6.09. The van der Waals surface area contributed by atoms with E-state index in [0.717, 1.165) is 26.2 Å². The molecule has 16 heavy (non-hydrogen) atoms. The van der Waals surface area contributed by atoms with Gasteiger partial charge in [-0.15, -0.1) is 9.24 Å². The van der Waals surface area contributed by atoms with Crippen LogP contribution in [0.15, 0.2) is 24.3 Å². The molecule has 0 aliphatic rings. The number of hydrogen-bond donors (Lipinski definition) is 1. The van der Waals surface area contributed by atoms with Gasteiger partial charge in [-0.3, -0.25) is 0 Å². The van der Waals surface area contributed by atoms with E-state index in [1.54, 1.807) is 0 Å². The molecule has 1 aromatic carbocycles. The summed E-state index contributed by atoms with van der Waals surface area (Å²) < 4.78 is 0. The molecule has 1 N–H and O–H groups in total. The fourth-order valence-electron chi connectivity index (χ4n) is 1.75. The number of hydrogen-bond acceptors (Lipinski definition) is 2. The van der Waals surface area contributed by atoms with Crippen molar-refractivity contribution in [1.29, 1.82) is 0 Å². The third-order valence-electron chi connectivity index (χ3n) is 2.54. The molecular formula is C13H23N2P. The maximum atomic E-state index is 3.37. The second-order valence-electron chi connectivity index (χ2n) is 3.94. The lowest BCUT2D eigenvalue weighted by Gasteiger charge is -2.24. The van der Waals surface area contributed by atoms with E-state index < -0.39 is 0 Å². The van der Waals surface area contributed by atoms with Gasteiger partial charge in [0.2, 0.25) is 0 Å². The summed E-state index contributed by atoms with van der Waals surface area (Å²) in [6, 6.07) is 8.65. The Morgan fingerprint density at radius 2 is 2.06 bits per heavy atom. The highest BCUT2D eigenvalue weighted by molar-refractivity contribution is 7.27. The van der Waals surface area contributed by atoms with Gasteiger partial charge in [-0.05, 0) is 30.4 Å². The van der Waals surface area contributed by atoms with E-state index >= 15 is 0 Å². The summed E-state index contributed by atoms with van der Waals surface area (Å²) in [4.78, 5) is 2.44. The van der Waals surface area contributed by atoms with Crippen LogP contribution in [-0.2, 0) is 0 Å². The Kier molecular flexibility index (Phi) is 6.44. The monoisotopic (exact) mass is 238 g/mol. The standard InChI is InChI=1S/C13H23N2P/c1-3-9-15(10-8-14-4-2)12-6-5-7-13(16)11-12/h5-7,11,14H,3-4,8-10,16H2,1-2H3. The number of benzene rings is 1. The van der Waals surface area contributed by atoms with Crippen molar-refractivity contribution in [3.05, 3.63) is 24.3 Å². The van der Waals surface area contributed by atoms with Crippen LogP contribution in [-0.4, -0.2) is 26.2 Å². The van der Waals surface area contributed by atoms with E-state index in [2.05, 4.69) is 57.6 Å². The molecule has 1 atom stereocenters. The molecule has 0 aliphatic carbocycles. The van der Waals surface area contributed by atoms with Gasteiger partial charge in [-0.1, -0.05) is 26.0 Å². The Labute approximate surface area is 102 Å². The van der Waals surface area contributed by atoms with Gasteiger partial charge in [0.05, 0.1) is 0 Å². The topological polar surface area (TPSA) is 15.3 Å². The highest BCUT2D eigenvalue weighted by atomic mass is 31.0. The Morgan fingerprint density at radius 3 is 2.69 bits per heavy atom. The van der Waals surface area contributed by atoms with Crippen molar-refractivity contribution >= 4 is 20.2 Å². The van der Waals surface area contributed by atoms with Crippen molar-refractivity contribution in [2.45, 2.75) is 20.3 Å². The normalized spacial score (nSPS) is 10.4. The second-order valence-corrected chi connectivity index (χ2v) is 4.60. The van der Waals surface area contributed by atoms with E-state index in [0.29, 0.717) is 0 Å². The van der Waals surface area contributed by atoms with Crippen LogP contribution in [0.1, 0.15) is 20.3 Å². The first kappa shape index (κ1) is 13.5. The SMILES string of the molecule is CCCN(CCNCC)c1cccc(P)c1. The molecular weight excluding hydrogens is 215 g/mol. The Morgan fingerprint density at radius 1 is 1.25 bits per heavy atom. The van der Waals surface area contributed by atoms with Crippen LogP contribution in [0.4, 0.5) is 5.69 Å². The van der Waals surface area contributed by atoms with Crippen molar-refractivity contribution in [1.82, 2.24) is 5.32 Å². The molecule has 1 rings (SSSR count). The van der Waals surface area contributed by atoms with Gasteiger partial charge in [0.25, 0.3) is 0 Å². The molecule has 3 heteroatoms. The molecule has 0 bridgehead atoms. The molecule has 1 unspecified atom stereocenters. The molecule has 90 valence electrons. The first-order chi connectivity index (χ1) is 7.77. The third kappa shape index (κ3) is 4.51. The maximum Gasteiger partial charge on any atom is 0.0372 e. The van der Waals surface area contributed by atoms with Crippen LogP contribution in [0.5, 0.6) is 0 Å². The Balaban J connectivity index is 2.61. The zero-order valence-corrected chi connectivity index (χ0v) is 11.5. The summed E-state index contributed by atoms with van der Waals surface area (Å²) >= 11 is 0. The van der Waals surface area contributed by atoms with Crippen LogP contribution in [0.25, 0.3) is 0 Å². The molecule has 0 aromatic heterocycles. The van der Waals surface area contributed by atoms with Crippen molar-refractivity contribution in [2.24, 2.45) is 0 Å². The van der Waals surface area contributed by atoms with Crippen LogP contribution in [0, 0.1) is 0 Å². The minimum Gasteiger partial charge on any atom is -0.370 e. The number of anilines is 1. The first-order valence-corrected chi connectivity index (χ1v) is 6.66. The van der Waals surface area contributed by atoms with Gasteiger partial charge in [-0.2, -0.15) is 0 Å². The lowest BCUT2D eigenvalue weighted by molar-refractivity contribution is 0.673. The summed E-state index contributed by atoms with van der Waals surface area (Å²) in [5.41, 5.74) is 1.33. The zero-order chi connectivity index (χ0) is 11.8. The molecule has 0 spiro atoms. The number of rotatable bonds is 7. The fraction of sp³-hybridized carbons (Fsp3) is 0.538. The minimum atomic E-state index is 1.05. The highest BCUT2D eigenvalue weighted by Crippen LogP contribution is 2.13. The van der Waals surface area contributed by atoms with E-state index in [1.807, 2.05) is 0 Å². The van der Waals surface area contributed by atoms with Gasteiger partial charge in [0, 0.05) is 25.3 Å². The number of likely N-dealkylation sites (N-methyl/N-ethyl adjacent to an activating group) is 1. The largest absolute Gasteiger partial charge is 0.370 e. The zero-order valence-electron chi connectivity index (χ0n) is 10.4. The van der Waals surface area contributed by atoms with Gasteiger partial charge in [0.15, 0.2) is 0 Å². The molecule has 0 aliphatic heterocycles. The van der Waals surface area contributed by atoms with Gasteiger partial charge in [-0.25, -0.2) is 0 Å². The second kappa shape index (κ2) is 7.65. The van der Waals surface area contributed by atoms with Crippen molar-refractivity contribution in [3.8, 4) is 0 Å². The predicted octanol–water partition coefficient (Wildman–Crippen LogP) is 2.01. The van der Waals surface area contributed by atoms with E-state index in [9.17, 15) is 0 Å². The molecule has 0 fully saturated rings. The number of nitrogens with one attached hydrogen (secondary N) is 1. The average molecular weight is 238 g/mol. The Bertz CT molecular complexity index is 302. The van der Waals surface area contributed by atoms with Crippen molar-refractivity contribution in [2.75, 3.05) is 31.1 Å². The maximum absolute atomic E-state index is 3.37. The molecule has 2 nitrogen and oxygen atoms in total. The summed E-state index contributed by atoms with van der Waals surface area (Å²) in [7, 11) is 2.76. The van der Waals surface area contributed by atoms with Gasteiger partial charge in [0.1, 0.15) is 0 Å². The quantitative estimate of drug-likeness (QED) is 0.577. The third-order valence-corrected chi connectivity index (χ3v) is 2.90. The van der Waals surface area contributed by atoms with E-state index in [-0.39, 0.29) is 0 Å². The van der Waals surface area contributed by atoms with Crippen molar-refractivity contribution < 1.29 is 0 Å². The van der Waals surface area contributed by atoms with E-state index in [1.165, 1.54) is 17.4 Å². The summed E-state index contributed by atoms with van der Waals surface area (Å²) in [6.07, 6.45) is 1.19. The molecule has 0 heterocycles. The van der Waals surface area contributed by atoms with Crippen molar-refractivity contribution in [3.63, 3.8) is 0 Å². The summed E-state index contributed by atoms with van der Waals surface area (Å²) in [5.74, 6) is 0. The van der Waals surface area contributed by atoms with Crippen LogP contribution >= 0.6 is 9.24 Å². The smallest absolute Gasteiger partial charge is 0.0372 e. The summed E-state index contributed by atoms with van der Waals surface area (Å²) in [6.45, 7) is 8.68. The molecule has 0 saturated carbocycles. The van der Waals surface area contributed by atoms with Gasteiger partial charge >= 0.3 is 0 Å². The lowest BCUT2D eigenvalue weighted by Crippen LogP contribution is -2.32. The highest BCUT2D eigenvalue weighted by Gasteiger charge is 2.04. The predicted molar refractivity (Wildman–Crippen MR) is 76.8 cm³/mol. The number of nitrogens with zero attached hydrogens (tertiary/aromatic N) is 1. The molecule has 0 saturated heterocycles. The molecule has 0 amide bonds. The van der Waals surface area contributed by atoms with Gasteiger partial charge < -0.3 is 10.2 Å².